The Morgan fingerprint density at radius 1 is 1.00 bits per heavy atom. The third-order valence-corrected chi connectivity index (χ3v) is 9.34. The summed E-state index contributed by atoms with van der Waals surface area (Å²) in [5.74, 6) is -0.701. The number of sulfone groups is 1. The molecule has 6 nitrogen and oxygen atoms in total. The molecule has 3 N–H and O–H groups in total. The average molecular weight is 464 g/mol. The molecule has 1 aliphatic heterocycles. The molecule has 0 aliphatic carbocycles. The second-order valence-electron chi connectivity index (χ2n) is 6.89. The van der Waals surface area contributed by atoms with Crippen molar-refractivity contribution in [3.8, 4) is 0 Å². The summed E-state index contributed by atoms with van der Waals surface area (Å²) in [6.45, 7) is 0. The summed E-state index contributed by atoms with van der Waals surface area (Å²) in [4.78, 5) is 12.8. The van der Waals surface area contributed by atoms with E-state index in [1.165, 1.54) is 30.3 Å². The first-order valence-electron chi connectivity index (χ1n) is 8.94. The topological polar surface area (TPSA) is 104 Å². The number of nitrogens with one attached hydrogen (secondary N) is 1. The summed E-state index contributed by atoms with van der Waals surface area (Å²) in [7, 11) is -7.11. The molecule has 30 heavy (non-hydrogen) atoms. The van der Waals surface area contributed by atoms with Crippen molar-refractivity contribution in [1.82, 2.24) is 0 Å². The van der Waals surface area contributed by atoms with Crippen LogP contribution in [0, 0.1) is 0 Å². The molecule has 1 amide bonds. The number of benzene rings is 3. The molecule has 3 aromatic rings. The fraction of sp³-hybridized carbons (Fsp3) is 0.0952. The van der Waals surface area contributed by atoms with Crippen molar-refractivity contribution >= 4 is 43.6 Å². The Kier molecular flexibility index (Phi) is 5.37. The van der Waals surface area contributed by atoms with Crippen LogP contribution < -0.4 is 5.32 Å². The van der Waals surface area contributed by atoms with E-state index in [0.29, 0.717) is 16.3 Å². The van der Waals surface area contributed by atoms with Crippen LogP contribution in [0.15, 0.2) is 82.6 Å². The Labute approximate surface area is 180 Å². The lowest BCUT2D eigenvalue weighted by molar-refractivity contribution is 0.102. The van der Waals surface area contributed by atoms with Crippen molar-refractivity contribution in [3.05, 3.63) is 88.9 Å². The van der Waals surface area contributed by atoms with Crippen LogP contribution in [0.1, 0.15) is 21.2 Å². The fourth-order valence-electron chi connectivity index (χ4n) is 3.40. The van der Waals surface area contributed by atoms with Gasteiger partial charge in [-0.05, 0) is 60.2 Å². The molecule has 0 bridgehead atoms. The molecule has 0 radical (unpaired) electrons. The van der Waals surface area contributed by atoms with E-state index in [9.17, 15) is 22.3 Å². The lowest BCUT2D eigenvalue weighted by atomic mass is 10.1. The first-order chi connectivity index (χ1) is 14.2. The van der Waals surface area contributed by atoms with E-state index in [-0.39, 0.29) is 21.1 Å². The Bertz CT molecular complexity index is 1210. The van der Waals surface area contributed by atoms with Crippen molar-refractivity contribution in [2.24, 2.45) is 0 Å². The predicted octanol–water partition coefficient (Wildman–Crippen LogP) is 5.23. The highest BCUT2D eigenvalue weighted by Crippen LogP contribution is 2.61. The molecule has 9 heteroatoms. The number of hydrogen-bond donors (Lipinski definition) is 3. The van der Waals surface area contributed by atoms with Gasteiger partial charge in [0.2, 0.25) is 0 Å². The molecule has 0 saturated carbocycles. The van der Waals surface area contributed by atoms with Gasteiger partial charge in [-0.15, -0.1) is 0 Å². The minimum absolute atomic E-state index is 0.105. The number of rotatable bonds is 4. The van der Waals surface area contributed by atoms with E-state index in [4.69, 9.17) is 11.6 Å². The van der Waals surface area contributed by atoms with Crippen molar-refractivity contribution in [2.75, 3.05) is 11.1 Å². The van der Waals surface area contributed by atoms with Crippen LogP contribution in [0.5, 0.6) is 0 Å². The number of carbonyl (C=O) groups excluding carboxylic acids is 1. The van der Waals surface area contributed by atoms with Crippen LogP contribution in [-0.2, 0) is 9.84 Å². The molecule has 4 rings (SSSR count). The monoisotopic (exact) mass is 463 g/mol. The molecule has 156 valence electrons. The Hall–Kier alpha value is -2.36. The average Bonchev–Trinajstić information content (AvgIpc) is 3.00. The van der Waals surface area contributed by atoms with Gasteiger partial charge >= 0.3 is 0 Å². The van der Waals surface area contributed by atoms with E-state index in [0.717, 1.165) is 0 Å². The summed E-state index contributed by atoms with van der Waals surface area (Å²) in [5.41, 5.74) is 1.03. The third kappa shape index (κ3) is 3.84. The van der Waals surface area contributed by atoms with Gasteiger partial charge in [0.15, 0.2) is 9.84 Å². The number of amides is 1. The summed E-state index contributed by atoms with van der Waals surface area (Å²) in [6.07, 6.45) is 0. The minimum atomic E-state index is -3.85. The molecule has 3 aromatic carbocycles. The van der Waals surface area contributed by atoms with E-state index >= 15 is 0 Å². The Morgan fingerprint density at radius 2 is 1.67 bits per heavy atom. The van der Waals surface area contributed by atoms with Gasteiger partial charge < -0.3 is 5.32 Å². The van der Waals surface area contributed by atoms with Gasteiger partial charge in [0.1, 0.15) is 5.25 Å². The van der Waals surface area contributed by atoms with Crippen LogP contribution >= 0.6 is 22.2 Å². The van der Waals surface area contributed by atoms with Gasteiger partial charge in [-0.2, -0.15) is 10.6 Å². The molecule has 0 fully saturated rings. The first kappa shape index (κ1) is 20.9. The van der Waals surface area contributed by atoms with Crippen LogP contribution in [-0.4, -0.2) is 29.2 Å². The molecule has 1 atom stereocenters. The molecule has 1 unspecified atom stereocenters. The highest BCUT2D eigenvalue weighted by atomic mass is 35.5. The largest absolute Gasteiger partial charge is 0.322 e. The van der Waals surface area contributed by atoms with Gasteiger partial charge in [-0.25, -0.2) is 8.42 Å². The van der Waals surface area contributed by atoms with Crippen molar-refractivity contribution in [2.45, 2.75) is 15.0 Å². The van der Waals surface area contributed by atoms with Crippen LogP contribution in [0.3, 0.4) is 0 Å². The van der Waals surface area contributed by atoms with Gasteiger partial charge in [0.25, 0.3) is 5.91 Å². The summed E-state index contributed by atoms with van der Waals surface area (Å²) < 4.78 is 47.3. The lowest BCUT2D eigenvalue weighted by Crippen LogP contribution is -2.15. The molecular formula is C21H18ClNO5S2. The molecular weight excluding hydrogens is 446 g/mol. The first-order valence-corrected chi connectivity index (χ1v) is 12.6. The Morgan fingerprint density at radius 3 is 2.33 bits per heavy atom. The molecule has 0 spiro atoms. The zero-order chi connectivity index (χ0) is 21.5. The maximum absolute atomic E-state index is 13.2. The van der Waals surface area contributed by atoms with Crippen molar-refractivity contribution in [1.29, 1.82) is 0 Å². The molecule has 1 aliphatic rings. The smallest absolute Gasteiger partial charge is 0.255 e. The Balaban J connectivity index is 1.70. The molecule has 0 saturated heterocycles. The van der Waals surface area contributed by atoms with E-state index in [2.05, 4.69) is 5.32 Å². The van der Waals surface area contributed by atoms with Gasteiger partial charge in [-0.3, -0.25) is 13.9 Å². The molecule has 0 aromatic heterocycles. The standard InChI is InChI=1S/C21H18ClNO5S2/c22-15-8-6-14(7-9-15)21(24)23-16-10-11-19-18(12-16)20(13-29(19,25)26)30(27,28)17-4-2-1-3-5-17/h1-12,20,25-26H,13H2,(H,23,24). The highest BCUT2D eigenvalue weighted by molar-refractivity contribution is 8.25. The molecule has 1 heterocycles. The quantitative estimate of drug-likeness (QED) is 0.491. The SMILES string of the molecule is O=C(Nc1ccc2c(c1)C(S(=O)(=O)c1ccccc1)CS2(O)O)c1ccc(Cl)cc1. The van der Waals surface area contributed by atoms with Crippen LogP contribution in [0.2, 0.25) is 5.02 Å². The summed E-state index contributed by atoms with van der Waals surface area (Å²) in [6, 6.07) is 18.7. The van der Waals surface area contributed by atoms with Gasteiger partial charge in [0, 0.05) is 16.3 Å². The number of fused-ring (bicyclic) bond motifs is 1. The maximum atomic E-state index is 13.2. The second-order valence-corrected chi connectivity index (χ2v) is 11.6. The number of halogens is 1. The third-order valence-electron chi connectivity index (χ3n) is 4.90. The predicted molar refractivity (Wildman–Crippen MR) is 118 cm³/mol. The normalized spacial score (nSPS) is 18.4. The zero-order valence-electron chi connectivity index (χ0n) is 15.5. The van der Waals surface area contributed by atoms with Gasteiger partial charge in [0.05, 0.1) is 15.5 Å². The summed E-state index contributed by atoms with van der Waals surface area (Å²) in [5, 5.41) is 2.10. The zero-order valence-corrected chi connectivity index (χ0v) is 17.9. The van der Waals surface area contributed by atoms with Crippen molar-refractivity contribution in [3.63, 3.8) is 0 Å². The number of carbonyl (C=O) groups is 1. The number of anilines is 1. The van der Waals surface area contributed by atoms with E-state index in [1.54, 1.807) is 42.5 Å². The van der Waals surface area contributed by atoms with E-state index < -0.39 is 31.6 Å². The minimum Gasteiger partial charge on any atom is -0.322 e. The number of hydrogen-bond acceptors (Lipinski definition) is 5. The van der Waals surface area contributed by atoms with Crippen LogP contribution in [0.25, 0.3) is 0 Å². The van der Waals surface area contributed by atoms with E-state index in [1.807, 2.05) is 0 Å². The second kappa shape index (κ2) is 7.72. The highest BCUT2D eigenvalue weighted by Gasteiger charge is 2.43. The fourth-order valence-corrected chi connectivity index (χ4v) is 7.93. The van der Waals surface area contributed by atoms with Gasteiger partial charge in [-0.1, -0.05) is 29.8 Å². The lowest BCUT2D eigenvalue weighted by Gasteiger charge is -2.27. The maximum Gasteiger partial charge on any atom is 0.255 e. The van der Waals surface area contributed by atoms with Crippen LogP contribution in [0.4, 0.5) is 5.69 Å². The summed E-state index contributed by atoms with van der Waals surface area (Å²) >= 11 is 5.84. The van der Waals surface area contributed by atoms with Crippen molar-refractivity contribution < 1.29 is 22.3 Å².